The second kappa shape index (κ2) is 3.89. The Morgan fingerprint density at radius 1 is 1.07 bits per heavy atom. The summed E-state index contributed by atoms with van der Waals surface area (Å²) in [5.41, 5.74) is 0.715. The highest BCUT2D eigenvalue weighted by Gasteiger charge is 2.03. The Kier molecular flexibility index (Phi) is 2.58. The van der Waals surface area contributed by atoms with E-state index >= 15 is 0 Å². The molecule has 2 aromatic rings. The summed E-state index contributed by atoms with van der Waals surface area (Å²) in [6.07, 6.45) is -0.920. The second-order valence-electron chi connectivity index (χ2n) is 3.59. The van der Waals surface area contributed by atoms with Crippen LogP contribution in [0.15, 0.2) is 36.4 Å². The first kappa shape index (κ1) is 9.97. The van der Waals surface area contributed by atoms with Gasteiger partial charge in [-0.25, -0.2) is 4.39 Å². The summed E-state index contributed by atoms with van der Waals surface area (Å²) in [7, 11) is 1.64. The standard InChI is InChI=1S/C13H13FO/c1-9(14)10-3-4-12-8-13(15-2)6-5-11(12)7-10/h3-9H,1-2H3. The number of rotatable bonds is 2. The fourth-order valence-corrected chi connectivity index (χ4v) is 1.62. The highest BCUT2D eigenvalue weighted by molar-refractivity contribution is 5.84. The van der Waals surface area contributed by atoms with E-state index in [1.165, 1.54) is 0 Å². The molecule has 0 bridgehead atoms. The van der Waals surface area contributed by atoms with Crippen molar-refractivity contribution in [2.75, 3.05) is 7.11 Å². The third-order valence-electron chi connectivity index (χ3n) is 2.53. The highest BCUT2D eigenvalue weighted by atomic mass is 19.1. The van der Waals surface area contributed by atoms with Crippen LogP contribution in [0.2, 0.25) is 0 Å². The van der Waals surface area contributed by atoms with Crippen molar-refractivity contribution in [3.8, 4) is 5.75 Å². The lowest BCUT2D eigenvalue weighted by Gasteiger charge is -2.06. The van der Waals surface area contributed by atoms with Gasteiger partial charge in [-0.1, -0.05) is 18.2 Å². The normalized spacial score (nSPS) is 12.7. The number of hydrogen-bond donors (Lipinski definition) is 0. The smallest absolute Gasteiger partial charge is 0.122 e. The van der Waals surface area contributed by atoms with Gasteiger partial charge in [-0.15, -0.1) is 0 Å². The molecule has 0 aliphatic rings. The van der Waals surface area contributed by atoms with Crippen molar-refractivity contribution < 1.29 is 9.13 Å². The lowest BCUT2D eigenvalue weighted by Crippen LogP contribution is -1.86. The van der Waals surface area contributed by atoms with Gasteiger partial charge in [0.2, 0.25) is 0 Å². The SMILES string of the molecule is COc1ccc2cc(C(C)F)ccc2c1. The molecule has 0 aromatic heterocycles. The molecule has 0 aliphatic carbocycles. The van der Waals surface area contributed by atoms with Crippen LogP contribution in [-0.2, 0) is 0 Å². The van der Waals surface area contributed by atoms with E-state index in [0.29, 0.717) is 5.56 Å². The minimum Gasteiger partial charge on any atom is -0.497 e. The molecule has 15 heavy (non-hydrogen) atoms. The second-order valence-corrected chi connectivity index (χ2v) is 3.59. The number of methoxy groups -OCH3 is 1. The number of alkyl halides is 1. The monoisotopic (exact) mass is 204 g/mol. The number of hydrogen-bond acceptors (Lipinski definition) is 1. The zero-order valence-electron chi connectivity index (χ0n) is 8.83. The van der Waals surface area contributed by atoms with Crippen LogP contribution in [0.1, 0.15) is 18.7 Å². The highest BCUT2D eigenvalue weighted by Crippen LogP contribution is 2.25. The molecular formula is C13H13FO. The van der Waals surface area contributed by atoms with Crippen molar-refractivity contribution in [2.24, 2.45) is 0 Å². The molecule has 1 nitrogen and oxygen atoms in total. The molecule has 2 rings (SSSR count). The Hall–Kier alpha value is -1.57. The van der Waals surface area contributed by atoms with Crippen LogP contribution < -0.4 is 4.74 Å². The molecule has 0 fully saturated rings. The van der Waals surface area contributed by atoms with Crippen LogP contribution in [0.4, 0.5) is 4.39 Å². The summed E-state index contributed by atoms with van der Waals surface area (Å²) in [6.45, 7) is 1.55. The Bertz CT molecular complexity index is 477. The summed E-state index contributed by atoms with van der Waals surface area (Å²) in [5, 5.41) is 2.11. The molecule has 78 valence electrons. The quantitative estimate of drug-likeness (QED) is 0.721. The van der Waals surface area contributed by atoms with Gasteiger partial charge in [-0.2, -0.15) is 0 Å². The van der Waals surface area contributed by atoms with Crippen LogP contribution in [0.3, 0.4) is 0 Å². The van der Waals surface area contributed by atoms with Gasteiger partial charge >= 0.3 is 0 Å². The molecule has 0 N–H and O–H groups in total. The van der Waals surface area contributed by atoms with E-state index in [1.807, 2.05) is 36.4 Å². The van der Waals surface area contributed by atoms with Gasteiger partial charge in [0.1, 0.15) is 11.9 Å². The Labute approximate surface area is 88.5 Å². The molecule has 0 amide bonds. The summed E-state index contributed by atoms with van der Waals surface area (Å²) < 4.78 is 18.2. The topological polar surface area (TPSA) is 9.23 Å². The number of ether oxygens (including phenoxy) is 1. The lowest BCUT2D eigenvalue weighted by molar-refractivity contribution is 0.374. The van der Waals surface area contributed by atoms with E-state index in [1.54, 1.807) is 14.0 Å². The Morgan fingerprint density at radius 3 is 2.40 bits per heavy atom. The molecule has 2 heteroatoms. The van der Waals surface area contributed by atoms with Crippen molar-refractivity contribution >= 4 is 10.8 Å². The summed E-state index contributed by atoms with van der Waals surface area (Å²) in [4.78, 5) is 0. The molecule has 0 aliphatic heterocycles. The van der Waals surface area contributed by atoms with Crippen LogP contribution in [0.25, 0.3) is 10.8 Å². The average Bonchev–Trinajstić information content (AvgIpc) is 2.27. The molecule has 1 unspecified atom stereocenters. The number of benzene rings is 2. The minimum atomic E-state index is -0.920. The number of fused-ring (bicyclic) bond motifs is 1. The van der Waals surface area contributed by atoms with Gasteiger partial charge < -0.3 is 4.74 Å². The molecule has 0 radical (unpaired) electrons. The minimum absolute atomic E-state index is 0.715. The van der Waals surface area contributed by atoms with Crippen molar-refractivity contribution in [1.82, 2.24) is 0 Å². The van der Waals surface area contributed by atoms with Crippen LogP contribution in [0.5, 0.6) is 5.75 Å². The van der Waals surface area contributed by atoms with E-state index in [2.05, 4.69) is 0 Å². The van der Waals surface area contributed by atoms with Gasteiger partial charge in [0.05, 0.1) is 7.11 Å². The van der Waals surface area contributed by atoms with Gasteiger partial charge in [0.25, 0.3) is 0 Å². The van der Waals surface area contributed by atoms with Gasteiger partial charge in [0.15, 0.2) is 0 Å². The van der Waals surface area contributed by atoms with E-state index in [-0.39, 0.29) is 0 Å². The fraction of sp³-hybridized carbons (Fsp3) is 0.231. The largest absolute Gasteiger partial charge is 0.497 e. The zero-order valence-corrected chi connectivity index (χ0v) is 8.83. The van der Waals surface area contributed by atoms with Crippen molar-refractivity contribution in [2.45, 2.75) is 13.1 Å². The maximum Gasteiger partial charge on any atom is 0.122 e. The van der Waals surface area contributed by atoms with Crippen LogP contribution in [0, 0.1) is 0 Å². The molecule has 0 saturated carbocycles. The van der Waals surface area contributed by atoms with E-state index in [4.69, 9.17) is 4.74 Å². The maximum absolute atomic E-state index is 13.1. The van der Waals surface area contributed by atoms with Crippen LogP contribution >= 0.6 is 0 Å². The van der Waals surface area contributed by atoms with E-state index in [0.717, 1.165) is 16.5 Å². The molecule has 2 aromatic carbocycles. The predicted molar refractivity (Wildman–Crippen MR) is 60.0 cm³/mol. The third-order valence-corrected chi connectivity index (χ3v) is 2.53. The maximum atomic E-state index is 13.1. The van der Waals surface area contributed by atoms with E-state index in [9.17, 15) is 4.39 Å². The van der Waals surface area contributed by atoms with Gasteiger partial charge in [-0.3, -0.25) is 0 Å². The molecule has 0 spiro atoms. The van der Waals surface area contributed by atoms with Crippen molar-refractivity contribution in [3.05, 3.63) is 42.0 Å². The van der Waals surface area contributed by atoms with E-state index < -0.39 is 6.17 Å². The van der Waals surface area contributed by atoms with Crippen molar-refractivity contribution in [1.29, 1.82) is 0 Å². The molecule has 0 saturated heterocycles. The zero-order chi connectivity index (χ0) is 10.8. The molecule has 1 atom stereocenters. The summed E-state index contributed by atoms with van der Waals surface area (Å²) >= 11 is 0. The third kappa shape index (κ3) is 1.94. The first-order valence-electron chi connectivity index (χ1n) is 4.92. The molecule has 0 heterocycles. The summed E-state index contributed by atoms with van der Waals surface area (Å²) in [5.74, 6) is 0.823. The van der Waals surface area contributed by atoms with Crippen molar-refractivity contribution in [3.63, 3.8) is 0 Å². The Balaban J connectivity index is 2.55. The average molecular weight is 204 g/mol. The number of halogens is 1. The predicted octanol–water partition coefficient (Wildman–Crippen LogP) is 3.88. The summed E-state index contributed by atoms with van der Waals surface area (Å²) in [6, 6.07) is 11.4. The first-order valence-corrected chi connectivity index (χ1v) is 4.92. The van der Waals surface area contributed by atoms with Crippen LogP contribution in [-0.4, -0.2) is 7.11 Å². The fourth-order valence-electron chi connectivity index (χ4n) is 1.62. The lowest BCUT2D eigenvalue weighted by atomic mass is 10.0. The van der Waals surface area contributed by atoms with Gasteiger partial charge in [0, 0.05) is 0 Å². The first-order chi connectivity index (χ1) is 7.20. The molecular weight excluding hydrogens is 191 g/mol. The van der Waals surface area contributed by atoms with Gasteiger partial charge in [-0.05, 0) is 41.5 Å². The Morgan fingerprint density at radius 2 is 1.73 bits per heavy atom.